The van der Waals surface area contributed by atoms with Gasteiger partial charge < -0.3 is 14.8 Å². The average molecular weight is 390 g/mol. The smallest absolute Gasteiger partial charge is 0.270 e. The summed E-state index contributed by atoms with van der Waals surface area (Å²) in [6, 6.07) is 4.18. The third-order valence-corrected chi connectivity index (χ3v) is 5.54. The van der Waals surface area contributed by atoms with Crippen LogP contribution in [0.2, 0.25) is 0 Å². The molecule has 2 heterocycles. The van der Waals surface area contributed by atoms with Gasteiger partial charge in [-0.05, 0) is 43.5 Å². The predicted molar refractivity (Wildman–Crippen MR) is 107 cm³/mol. The van der Waals surface area contributed by atoms with Crippen molar-refractivity contribution < 1.29 is 14.3 Å². The Morgan fingerprint density at radius 3 is 2.85 bits per heavy atom. The first-order chi connectivity index (χ1) is 13.0. The molecule has 0 saturated carbocycles. The van der Waals surface area contributed by atoms with E-state index in [0.29, 0.717) is 18.8 Å². The van der Waals surface area contributed by atoms with Crippen molar-refractivity contribution >= 4 is 17.2 Å². The quantitative estimate of drug-likeness (QED) is 0.789. The summed E-state index contributed by atoms with van der Waals surface area (Å²) in [7, 11) is 0. The number of nitrogens with one attached hydrogen (secondary N) is 1. The summed E-state index contributed by atoms with van der Waals surface area (Å²) in [5.74, 6) is 0.743. The number of thiazole rings is 1. The summed E-state index contributed by atoms with van der Waals surface area (Å²) in [6.07, 6.45) is 0. The topological polar surface area (TPSA) is 63.7 Å². The van der Waals surface area contributed by atoms with E-state index in [1.807, 2.05) is 6.07 Å². The largest absolute Gasteiger partial charge is 0.486 e. The van der Waals surface area contributed by atoms with E-state index in [0.717, 1.165) is 49.2 Å². The molecule has 6 nitrogen and oxygen atoms in total. The molecule has 1 aliphatic rings. The summed E-state index contributed by atoms with van der Waals surface area (Å²) < 4.78 is 11.3. The Labute approximate surface area is 164 Å². The third kappa shape index (κ3) is 5.51. The van der Waals surface area contributed by atoms with E-state index in [4.69, 9.17) is 9.47 Å². The highest BCUT2D eigenvalue weighted by molar-refractivity contribution is 7.09. The number of morpholine rings is 1. The SMILES string of the molecule is Cc1cc(C)c(C)c(OCc2nc(C(=O)NCCN3CCOCC3)cs2)c1. The Morgan fingerprint density at radius 1 is 1.30 bits per heavy atom. The van der Waals surface area contributed by atoms with Gasteiger partial charge in [-0.2, -0.15) is 0 Å². The van der Waals surface area contributed by atoms with Gasteiger partial charge in [0.2, 0.25) is 0 Å². The Morgan fingerprint density at radius 2 is 2.07 bits per heavy atom. The van der Waals surface area contributed by atoms with Crippen LogP contribution in [0.1, 0.15) is 32.2 Å². The van der Waals surface area contributed by atoms with E-state index in [9.17, 15) is 4.79 Å². The van der Waals surface area contributed by atoms with Crippen molar-refractivity contribution in [3.05, 3.63) is 44.9 Å². The maximum absolute atomic E-state index is 12.3. The van der Waals surface area contributed by atoms with E-state index in [2.05, 4.69) is 42.0 Å². The fraction of sp³-hybridized carbons (Fsp3) is 0.500. The minimum Gasteiger partial charge on any atom is -0.486 e. The third-order valence-electron chi connectivity index (χ3n) is 4.72. The van der Waals surface area contributed by atoms with Crippen molar-refractivity contribution in [2.75, 3.05) is 39.4 Å². The molecule has 146 valence electrons. The lowest BCUT2D eigenvalue weighted by atomic mass is 10.1. The molecule has 7 heteroatoms. The zero-order chi connectivity index (χ0) is 19.2. The molecule has 0 aliphatic carbocycles. The molecule has 27 heavy (non-hydrogen) atoms. The minimum atomic E-state index is -0.131. The van der Waals surface area contributed by atoms with Gasteiger partial charge in [-0.1, -0.05) is 6.07 Å². The zero-order valence-corrected chi connectivity index (χ0v) is 17.0. The van der Waals surface area contributed by atoms with Crippen molar-refractivity contribution in [1.29, 1.82) is 0 Å². The molecule has 1 amide bonds. The number of benzene rings is 1. The predicted octanol–water partition coefficient (Wildman–Crippen LogP) is 2.71. The number of aromatic nitrogens is 1. The molecular weight excluding hydrogens is 362 g/mol. The van der Waals surface area contributed by atoms with Crippen molar-refractivity contribution in [3.8, 4) is 5.75 Å². The molecule has 1 N–H and O–H groups in total. The van der Waals surface area contributed by atoms with E-state index in [1.54, 1.807) is 5.38 Å². The number of carbonyl (C=O) groups is 1. The molecule has 0 bridgehead atoms. The molecule has 1 fully saturated rings. The summed E-state index contributed by atoms with van der Waals surface area (Å²) in [6.45, 7) is 11.4. The number of amides is 1. The van der Waals surface area contributed by atoms with Gasteiger partial charge in [0.1, 0.15) is 23.1 Å². The lowest BCUT2D eigenvalue weighted by molar-refractivity contribution is 0.0383. The summed E-state index contributed by atoms with van der Waals surface area (Å²) in [5, 5.41) is 5.53. The second-order valence-corrected chi connectivity index (χ2v) is 7.77. The Balaban J connectivity index is 1.48. The maximum Gasteiger partial charge on any atom is 0.270 e. The standard InChI is InChI=1S/C20H27N3O3S/c1-14-10-15(2)16(3)18(11-14)26-12-19-22-17(13-27-19)20(24)21-4-5-23-6-8-25-9-7-23/h10-11,13H,4-9,12H2,1-3H3,(H,21,24). The normalized spacial score (nSPS) is 14.9. The first-order valence-electron chi connectivity index (χ1n) is 9.26. The lowest BCUT2D eigenvalue weighted by Crippen LogP contribution is -2.41. The van der Waals surface area contributed by atoms with Gasteiger partial charge in [0.05, 0.1) is 13.2 Å². The van der Waals surface area contributed by atoms with Crippen LogP contribution >= 0.6 is 11.3 Å². The van der Waals surface area contributed by atoms with Gasteiger partial charge in [0, 0.05) is 31.6 Å². The number of aryl methyl sites for hydroxylation is 2. The first-order valence-corrected chi connectivity index (χ1v) is 10.1. The number of rotatable bonds is 7. The summed E-state index contributed by atoms with van der Waals surface area (Å²) >= 11 is 1.45. The highest BCUT2D eigenvalue weighted by atomic mass is 32.1. The molecule has 2 aromatic rings. The number of ether oxygens (including phenoxy) is 2. The molecule has 3 rings (SSSR count). The first kappa shape index (κ1) is 19.8. The molecule has 0 radical (unpaired) electrons. The van der Waals surface area contributed by atoms with Crippen LogP contribution in [0.4, 0.5) is 0 Å². The van der Waals surface area contributed by atoms with E-state index < -0.39 is 0 Å². The molecule has 1 saturated heterocycles. The van der Waals surface area contributed by atoms with Gasteiger partial charge in [-0.3, -0.25) is 9.69 Å². The summed E-state index contributed by atoms with van der Waals surface area (Å²) in [5.41, 5.74) is 3.98. The van der Waals surface area contributed by atoms with E-state index in [1.165, 1.54) is 22.5 Å². The second-order valence-electron chi connectivity index (χ2n) is 6.83. The molecular formula is C20H27N3O3S. The van der Waals surface area contributed by atoms with Crippen LogP contribution in [0, 0.1) is 20.8 Å². The van der Waals surface area contributed by atoms with Gasteiger partial charge in [0.15, 0.2) is 0 Å². The lowest BCUT2D eigenvalue weighted by Gasteiger charge is -2.26. The maximum atomic E-state index is 12.3. The Bertz CT molecular complexity index is 785. The molecule has 1 aromatic heterocycles. The fourth-order valence-corrected chi connectivity index (χ4v) is 3.70. The van der Waals surface area contributed by atoms with Crippen molar-refractivity contribution in [2.45, 2.75) is 27.4 Å². The van der Waals surface area contributed by atoms with Gasteiger partial charge in [-0.25, -0.2) is 4.98 Å². The van der Waals surface area contributed by atoms with Crippen LogP contribution in [0.15, 0.2) is 17.5 Å². The van der Waals surface area contributed by atoms with Crippen LogP contribution in [-0.2, 0) is 11.3 Å². The van der Waals surface area contributed by atoms with Crippen LogP contribution in [0.3, 0.4) is 0 Å². The molecule has 0 spiro atoms. The van der Waals surface area contributed by atoms with Crippen LogP contribution < -0.4 is 10.1 Å². The van der Waals surface area contributed by atoms with Crippen LogP contribution in [-0.4, -0.2) is 55.2 Å². The zero-order valence-electron chi connectivity index (χ0n) is 16.2. The fourth-order valence-electron chi connectivity index (χ4n) is 3.01. The van der Waals surface area contributed by atoms with Gasteiger partial charge in [0.25, 0.3) is 5.91 Å². The number of nitrogens with zero attached hydrogens (tertiary/aromatic N) is 2. The van der Waals surface area contributed by atoms with Crippen molar-refractivity contribution in [1.82, 2.24) is 15.2 Å². The number of carbonyl (C=O) groups excluding carboxylic acids is 1. The molecule has 1 aromatic carbocycles. The minimum absolute atomic E-state index is 0.131. The highest BCUT2D eigenvalue weighted by Gasteiger charge is 2.13. The second kappa shape index (κ2) is 9.30. The Hall–Kier alpha value is -1.96. The van der Waals surface area contributed by atoms with Gasteiger partial charge >= 0.3 is 0 Å². The number of hydrogen-bond acceptors (Lipinski definition) is 6. The summed E-state index contributed by atoms with van der Waals surface area (Å²) in [4.78, 5) is 19.0. The van der Waals surface area contributed by atoms with Gasteiger partial charge in [-0.15, -0.1) is 11.3 Å². The molecule has 0 atom stereocenters. The van der Waals surface area contributed by atoms with E-state index in [-0.39, 0.29) is 5.91 Å². The monoisotopic (exact) mass is 389 g/mol. The molecule has 0 unspecified atom stereocenters. The van der Waals surface area contributed by atoms with Crippen molar-refractivity contribution in [2.24, 2.45) is 0 Å². The van der Waals surface area contributed by atoms with Crippen molar-refractivity contribution in [3.63, 3.8) is 0 Å². The van der Waals surface area contributed by atoms with Crippen LogP contribution in [0.25, 0.3) is 0 Å². The van der Waals surface area contributed by atoms with Crippen LogP contribution in [0.5, 0.6) is 5.75 Å². The van der Waals surface area contributed by atoms with E-state index >= 15 is 0 Å². The highest BCUT2D eigenvalue weighted by Crippen LogP contribution is 2.24. The number of hydrogen-bond donors (Lipinski definition) is 1. The Kier molecular flexibility index (Phi) is 6.82. The average Bonchev–Trinajstić information content (AvgIpc) is 3.13. The molecule has 1 aliphatic heterocycles.